The van der Waals surface area contributed by atoms with Crippen LogP contribution >= 0.6 is 19.4 Å². The van der Waals surface area contributed by atoms with Crippen molar-refractivity contribution < 1.29 is 27.3 Å². The number of carbonyl (C=O) groups is 1. The van der Waals surface area contributed by atoms with E-state index in [-0.39, 0.29) is 42.6 Å². The Morgan fingerprint density at radius 3 is 2.51 bits per heavy atom. The zero-order valence-electron chi connectivity index (χ0n) is 22.4. The van der Waals surface area contributed by atoms with Crippen LogP contribution in [0.3, 0.4) is 0 Å². The Labute approximate surface area is 232 Å². The van der Waals surface area contributed by atoms with Crippen molar-refractivity contribution in [2.24, 2.45) is 0 Å². The van der Waals surface area contributed by atoms with Crippen LogP contribution in [-0.4, -0.2) is 46.7 Å². The molecule has 0 aliphatic carbocycles. The molecule has 0 saturated heterocycles. The molecule has 1 atom stereocenters. The van der Waals surface area contributed by atoms with Crippen molar-refractivity contribution in [3.05, 3.63) is 64.8 Å². The summed E-state index contributed by atoms with van der Waals surface area (Å²) in [7, 11) is -3.74. The van der Waals surface area contributed by atoms with E-state index in [0.717, 1.165) is 5.56 Å². The third-order valence-corrected chi connectivity index (χ3v) is 7.36. The van der Waals surface area contributed by atoms with E-state index in [1.165, 1.54) is 30.6 Å². The molecule has 0 radical (unpaired) electrons. The van der Waals surface area contributed by atoms with Crippen molar-refractivity contribution in [1.29, 1.82) is 0 Å². The minimum atomic E-state index is -3.74. The molecule has 2 aromatic heterocycles. The number of carbonyl (C=O) groups excluding carboxylic acids is 1. The number of anilines is 2. The maximum absolute atomic E-state index is 14.5. The lowest BCUT2D eigenvalue weighted by Crippen LogP contribution is -2.32. The van der Waals surface area contributed by atoms with E-state index in [1.54, 1.807) is 33.0 Å². The fraction of sp³-hybridized carbons (Fsp3) is 0.385. The fourth-order valence-electron chi connectivity index (χ4n) is 3.53. The summed E-state index contributed by atoms with van der Waals surface area (Å²) in [5, 5.41) is 6.28. The van der Waals surface area contributed by atoms with Gasteiger partial charge in [-0.25, -0.2) is 18.9 Å². The summed E-state index contributed by atoms with van der Waals surface area (Å²) >= 11 is 6.06. The number of hydrogen-bond acceptors (Lipinski definition) is 9. The van der Waals surface area contributed by atoms with Gasteiger partial charge >= 0.3 is 7.82 Å². The molecule has 2 N–H and O–H groups in total. The summed E-state index contributed by atoms with van der Waals surface area (Å²) in [4.78, 5) is 26.1. The number of hydrogen-bond donors (Lipinski definition) is 2. The predicted molar refractivity (Wildman–Crippen MR) is 148 cm³/mol. The van der Waals surface area contributed by atoms with E-state index in [1.807, 2.05) is 13.8 Å². The third-order valence-electron chi connectivity index (χ3n) is 5.36. The quantitative estimate of drug-likeness (QED) is 0.218. The van der Waals surface area contributed by atoms with Crippen LogP contribution < -0.4 is 10.6 Å². The summed E-state index contributed by atoms with van der Waals surface area (Å²) in [5.41, 5.74) is 1.56. The highest BCUT2D eigenvalue weighted by atomic mass is 35.5. The Balaban J connectivity index is 1.83. The molecule has 10 nitrogen and oxygen atoms in total. The number of rotatable bonds is 13. The van der Waals surface area contributed by atoms with Crippen LogP contribution in [0.15, 0.2) is 42.9 Å². The normalized spacial score (nSPS) is 12.4. The maximum atomic E-state index is 14.5. The maximum Gasteiger partial charge on any atom is 0.475 e. The van der Waals surface area contributed by atoms with Gasteiger partial charge in [0.05, 0.1) is 36.1 Å². The molecule has 3 aromatic rings. The van der Waals surface area contributed by atoms with Crippen molar-refractivity contribution in [3.63, 3.8) is 0 Å². The molecule has 0 unspecified atom stereocenters. The lowest BCUT2D eigenvalue weighted by molar-refractivity contribution is 0.0811. The van der Waals surface area contributed by atoms with E-state index in [2.05, 4.69) is 25.6 Å². The zero-order chi connectivity index (χ0) is 28.6. The molecule has 3 rings (SSSR count). The number of phosphoric acid groups is 1. The van der Waals surface area contributed by atoms with E-state index < -0.39 is 25.7 Å². The predicted octanol–water partition coefficient (Wildman–Crippen LogP) is 6.51. The summed E-state index contributed by atoms with van der Waals surface area (Å²) < 4.78 is 42.9. The van der Waals surface area contributed by atoms with Gasteiger partial charge in [-0.1, -0.05) is 25.4 Å². The first-order chi connectivity index (χ1) is 18.6. The molecule has 210 valence electrons. The number of nitrogens with one attached hydrogen (secondary N) is 2. The molecule has 39 heavy (non-hydrogen) atoms. The van der Waals surface area contributed by atoms with Gasteiger partial charge in [-0.2, -0.15) is 0 Å². The Kier molecular flexibility index (Phi) is 10.9. The molecule has 0 aliphatic heterocycles. The highest BCUT2D eigenvalue weighted by molar-refractivity contribution is 7.48. The minimum Gasteiger partial charge on any atom is -0.349 e. The number of pyridine rings is 1. The average Bonchev–Trinajstić information content (AvgIpc) is 2.89. The first kappa shape index (κ1) is 30.6. The topological polar surface area (TPSA) is 125 Å². The highest BCUT2D eigenvalue weighted by Crippen LogP contribution is 2.50. The van der Waals surface area contributed by atoms with Crippen molar-refractivity contribution in [1.82, 2.24) is 20.3 Å². The van der Waals surface area contributed by atoms with E-state index in [9.17, 15) is 13.8 Å². The van der Waals surface area contributed by atoms with Gasteiger partial charge in [-0.05, 0) is 51.0 Å². The highest BCUT2D eigenvalue weighted by Gasteiger charge is 2.28. The lowest BCUT2D eigenvalue weighted by Gasteiger charge is -2.21. The number of halogens is 2. The van der Waals surface area contributed by atoms with Gasteiger partial charge in [-0.15, -0.1) is 0 Å². The van der Waals surface area contributed by atoms with Crippen LogP contribution in [-0.2, 0) is 18.1 Å². The minimum absolute atomic E-state index is 0.0224. The van der Waals surface area contributed by atoms with Crippen molar-refractivity contribution >= 4 is 36.8 Å². The smallest absolute Gasteiger partial charge is 0.349 e. The van der Waals surface area contributed by atoms with Crippen LogP contribution in [0.1, 0.15) is 56.5 Å². The van der Waals surface area contributed by atoms with Gasteiger partial charge in [0.1, 0.15) is 11.6 Å². The molecule has 0 saturated carbocycles. The number of phosphoric ester groups is 1. The van der Waals surface area contributed by atoms with Crippen LogP contribution in [0.4, 0.5) is 15.9 Å². The molecule has 13 heteroatoms. The second-order valence-corrected chi connectivity index (χ2v) is 10.8. The molecular formula is C26H32ClFN5O5P. The van der Waals surface area contributed by atoms with Gasteiger partial charge in [-0.3, -0.25) is 23.3 Å². The van der Waals surface area contributed by atoms with Crippen LogP contribution in [0.2, 0.25) is 5.02 Å². The number of benzene rings is 1. The largest absolute Gasteiger partial charge is 0.475 e. The standard InChI is InChI=1S/C26H32ClFN5O5P/c1-6-36-39(35,37-7-2)38-17(5)13-31-26(34)21-14-29-11-10-23(21)32-25-20(16(3)4)15-30-24(33-25)19-12-18(27)8-9-22(19)28/h8-12,14-17H,6-7,13H2,1-5H3,(H,31,34)(H,29,30,32,33)/t17-/m0/s1. The first-order valence-electron chi connectivity index (χ1n) is 12.5. The van der Waals surface area contributed by atoms with Crippen molar-refractivity contribution in [2.45, 2.75) is 46.6 Å². The zero-order valence-corrected chi connectivity index (χ0v) is 24.1. The summed E-state index contributed by atoms with van der Waals surface area (Å²) in [6.45, 7) is 9.25. The lowest BCUT2D eigenvalue weighted by atomic mass is 10.1. The van der Waals surface area contributed by atoms with Crippen LogP contribution in [0.5, 0.6) is 0 Å². The third kappa shape index (κ3) is 8.27. The second kappa shape index (κ2) is 13.9. The van der Waals surface area contributed by atoms with Crippen LogP contribution in [0.25, 0.3) is 11.4 Å². The summed E-state index contributed by atoms with van der Waals surface area (Å²) in [5.74, 6) is -0.401. The van der Waals surface area contributed by atoms with Crippen molar-refractivity contribution in [3.8, 4) is 11.4 Å². The molecule has 1 aromatic carbocycles. The summed E-state index contributed by atoms with van der Waals surface area (Å²) in [6, 6.07) is 5.78. The van der Waals surface area contributed by atoms with Gasteiger partial charge in [0.15, 0.2) is 5.82 Å². The Bertz CT molecular complexity index is 1340. The molecule has 0 bridgehead atoms. The Morgan fingerprint density at radius 2 is 1.85 bits per heavy atom. The SMILES string of the molecule is CCOP(=O)(OCC)O[C@@H](C)CNC(=O)c1cnccc1Nc1nc(-c2cc(Cl)ccc2F)ncc1C(C)C. The van der Waals surface area contributed by atoms with E-state index >= 15 is 0 Å². The van der Waals surface area contributed by atoms with Gasteiger partial charge in [0.2, 0.25) is 0 Å². The molecule has 0 spiro atoms. The monoisotopic (exact) mass is 579 g/mol. The van der Waals surface area contributed by atoms with E-state index in [4.69, 9.17) is 25.2 Å². The fourth-order valence-corrected chi connectivity index (χ4v) is 5.04. The molecule has 0 fully saturated rings. The van der Waals surface area contributed by atoms with E-state index in [0.29, 0.717) is 16.5 Å². The Hall–Kier alpha value is -2.95. The number of aromatic nitrogens is 3. The molecule has 0 aliphatic rings. The van der Waals surface area contributed by atoms with Gasteiger partial charge < -0.3 is 10.6 Å². The number of nitrogens with zero attached hydrogens (tertiary/aromatic N) is 3. The average molecular weight is 580 g/mol. The van der Waals surface area contributed by atoms with Gasteiger partial charge in [0.25, 0.3) is 5.91 Å². The van der Waals surface area contributed by atoms with Crippen LogP contribution in [0, 0.1) is 5.82 Å². The first-order valence-corrected chi connectivity index (χ1v) is 14.3. The molecule has 2 heterocycles. The summed E-state index contributed by atoms with van der Waals surface area (Å²) in [6.07, 6.45) is 3.88. The van der Waals surface area contributed by atoms with Crippen molar-refractivity contribution in [2.75, 3.05) is 25.1 Å². The Morgan fingerprint density at radius 1 is 1.13 bits per heavy atom. The van der Waals surface area contributed by atoms with Gasteiger partial charge in [0, 0.05) is 35.7 Å². The number of amides is 1. The second-order valence-electron chi connectivity index (χ2n) is 8.73. The molecule has 1 amide bonds. The molecular weight excluding hydrogens is 548 g/mol.